The molecule has 0 spiro atoms. The zero-order chi connectivity index (χ0) is 18.7. The molecule has 1 heterocycles. The molecule has 1 unspecified atom stereocenters. The van der Waals surface area contributed by atoms with Crippen molar-refractivity contribution < 1.29 is 14.0 Å². The van der Waals surface area contributed by atoms with Crippen LogP contribution in [0, 0.1) is 5.82 Å². The van der Waals surface area contributed by atoms with Gasteiger partial charge in [0.25, 0.3) is 0 Å². The highest BCUT2D eigenvalue weighted by molar-refractivity contribution is 5.98. The van der Waals surface area contributed by atoms with Crippen LogP contribution < -0.4 is 4.90 Å². The zero-order valence-corrected chi connectivity index (χ0v) is 15.1. The van der Waals surface area contributed by atoms with Crippen LogP contribution in [0.2, 0.25) is 0 Å². The molecule has 2 aromatic rings. The van der Waals surface area contributed by atoms with Crippen LogP contribution in [0.4, 0.5) is 10.1 Å². The lowest BCUT2D eigenvalue weighted by Gasteiger charge is -2.27. The van der Waals surface area contributed by atoms with Crippen molar-refractivity contribution in [3.05, 3.63) is 65.5 Å². The Morgan fingerprint density at radius 1 is 1.15 bits per heavy atom. The summed E-state index contributed by atoms with van der Waals surface area (Å²) in [7, 11) is 0. The van der Waals surface area contributed by atoms with Crippen LogP contribution in [-0.4, -0.2) is 35.8 Å². The molecule has 0 saturated carbocycles. The molecular formula is C21H23FN2O2. The maximum absolute atomic E-state index is 13.0. The third-order valence-corrected chi connectivity index (χ3v) is 4.83. The van der Waals surface area contributed by atoms with Crippen molar-refractivity contribution in [3.8, 4) is 0 Å². The second kappa shape index (κ2) is 7.68. The lowest BCUT2D eigenvalue weighted by molar-refractivity contribution is -0.133. The Morgan fingerprint density at radius 3 is 2.54 bits per heavy atom. The first-order valence-electron chi connectivity index (χ1n) is 8.85. The fourth-order valence-corrected chi connectivity index (χ4v) is 3.45. The number of nitrogens with zero attached hydrogens (tertiary/aromatic N) is 2. The predicted molar refractivity (Wildman–Crippen MR) is 99.5 cm³/mol. The zero-order valence-electron chi connectivity index (χ0n) is 15.1. The van der Waals surface area contributed by atoms with Gasteiger partial charge in [-0.25, -0.2) is 4.39 Å². The summed E-state index contributed by atoms with van der Waals surface area (Å²) in [6.45, 7) is 3.97. The van der Waals surface area contributed by atoms with Gasteiger partial charge in [0, 0.05) is 25.2 Å². The first-order chi connectivity index (χ1) is 12.5. The Kier molecular flexibility index (Phi) is 5.35. The smallest absolute Gasteiger partial charge is 0.246 e. The number of hydrogen-bond acceptors (Lipinski definition) is 2. The van der Waals surface area contributed by atoms with Crippen LogP contribution in [0.1, 0.15) is 25.0 Å². The van der Waals surface area contributed by atoms with Gasteiger partial charge in [0.2, 0.25) is 11.8 Å². The highest BCUT2D eigenvalue weighted by Crippen LogP contribution is 2.31. The van der Waals surface area contributed by atoms with Gasteiger partial charge in [0.15, 0.2) is 0 Å². The summed E-state index contributed by atoms with van der Waals surface area (Å²) in [5, 5.41) is 0. The quantitative estimate of drug-likeness (QED) is 0.827. The number of carbonyl (C=O) groups is 2. The maximum Gasteiger partial charge on any atom is 0.246 e. The molecule has 0 aliphatic carbocycles. The molecule has 0 fully saturated rings. The van der Waals surface area contributed by atoms with Crippen molar-refractivity contribution >= 4 is 17.5 Å². The second-order valence-electron chi connectivity index (χ2n) is 6.76. The van der Waals surface area contributed by atoms with E-state index in [1.165, 1.54) is 19.1 Å². The van der Waals surface area contributed by atoms with Crippen LogP contribution in [0.15, 0.2) is 48.5 Å². The number of halogens is 1. The van der Waals surface area contributed by atoms with E-state index in [0.29, 0.717) is 13.0 Å². The van der Waals surface area contributed by atoms with E-state index in [-0.39, 0.29) is 30.2 Å². The van der Waals surface area contributed by atoms with E-state index in [1.807, 2.05) is 31.2 Å². The monoisotopic (exact) mass is 354 g/mol. The number of fused-ring (bicyclic) bond motifs is 1. The molecule has 136 valence electrons. The number of amides is 2. The number of anilines is 1. The van der Waals surface area contributed by atoms with E-state index in [0.717, 1.165) is 23.2 Å². The van der Waals surface area contributed by atoms with Crippen LogP contribution in [0.3, 0.4) is 0 Å². The first kappa shape index (κ1) is 18.1. The van der Waals surface area contributed by atoms with Crippen molar-refractivity contribution in [2.75, 3.05) is 18.0 Å². The number of hydrogen-bond donors (Lipinski definition) is 0. The highest BCUT2D eigenvalue weighted by atomic mass is 19.1. The van der Waals surface area contributed by atoms with Crippen LogP contribution in [-0.2, 0) is 22.4 Å². The van der Waals surface area contributed by atoms with Gasteiger partial charge in [-0.15, -0.1) is 0 Å². The lowest BCUT2D eigenvalue weighted by atomic mass is 10.1. The van der Waals surface area contributed by atoms with Gasteiger partial charge in [-0.2, -0.15) is 0 Å². The average Bonchev–Trinajstić information content (AvgIpc) is 2.95. The van der Waals surface area contributed by atoms with Crippen molar-refractivity contribution in [3.63, 3.8) is 0 Å². The third kappa shape index (κ3) is 3.93. The Balaban J connectivity index is 1.67. The fraction of sp³-hybridized carbons (Fsp3) is 0.333. The van der Waals surface area contributed by atoms with Gasteiger partial charge in [0.05, 0.1) is 0 Å². The molecule has 0 N–H and O–H groups in total. The van der Waals surface area contributed by atoms with Gasteiger partial charge in [-0.3, -0.25) is 9.59 Å². The molecule has 1 aliphatic heterocycles. The number of rotatable bonds is 5. The van der Waals surface area contributed by atoms with Gasteiger partial charge < -0.3 is 9.80 Å². The summed E-state index contributed by atoms with van der Waals surface area (Å²) in [5.74, 6) is -0.494. The molecule has 4 nitrogen and oxygen atoms in total. The molecule has 5 heteroatoms. The van der Waals surface area contributed by atoms with E-state index in [4.69, 9.17) is 0 Å². The standard InChI is InChI=1S/C21H23FN2O2/c1-15-13-18-5-3-4-6-20(18)24(15)21(26)14-23(16(2)25)12-11-17-7-9-19(22)10-8-17/h3-10,15H,11-14H2,1-2H3. The molecule has 2 aromatic carbocycles. The van der Waals surface area contributed by atoms with Crippen molar-refractivity contribution in [1.82, 2.24) is 4.90 Å². The van der Waals surface area contributed by atoms with Gasteiger partial charge in [-0.1, -0.05) is 30.3 Å². The van der Waals surface area contributed by atoms with E-state index < -0.39 is 0 Å². The Hall–Kier alpha value is -2.69. The maximum atomic E-state index is 13.0. The predicted octanol–water partition coefficient (Wildman–Crippen LogP) is 3.19. The van der Waals surface area contributed by atoms with E-state index in [2.05, 4.69) is 0 Å². The van der Waals surface area contributed by atoms with Gasteiger partial charge in [-0.05, 0) is 49.1 Å². The summed E-state index contributed by atoms with van der Waals surface area (Å²) >= 11 is 0. The van der Waals surface area contributed by atoms with E-state index in [9.17, 15) is 14.0 Å². The van der Waals surface area contributed by atoms with Gasteiger partial charge in [0.1, 0.15) is 12.4 Å². The molecule has 0 bridgehead atoms. The summed E-state index contributed by atoms with van der Waals surface area (Å²) in [4.78, 5) is 28.2. The number of para-hydroxylation sites is 1. The minimum Gasteiger partial charge on any atom is -0.333 e. The molecule has 1 aliphatic rings. The summed E-state index contributed by atoms with van der Waals surface area (Å²) in [6.07, 6.45) is 1.41. The fourth-order valence-electron chi connectivity index (χ4n) is 3.45. The van der Waals surface area contributed by atoms with Crippen LogP contribution in [0.5, 0.6) is 0 Å². The molecule has 1 atom stereocenters. The molecule has 0 saturated heterocycles. The normalized spacial score (nSPS) is 15.7. The molecule has 0 radical (unpaired) electrons. The van der Waals surface area contributed by atoms with Crippen LogP contribution >= 0.6 is 0 Å². The lowest BCUT2D eigenvalue weighted by Crippen LogP contribution is -2.45. The molecule has 2 amide bonds. The van der Waals surface area contributed by atoms with Crippen molar-refractivity contribution in [2.24, 2.45) is 0 Å². The van der Waals surface area contributed by atoms with Gasteiger partial charge >= 0.3 is 0 Å². The SMILES string of the molecule is CC(=O)N(CCc1ccc(F)cc1)CC(=O)N1c2ccccc2CC1C. The summed E-state index contributed by atoms with van der Waals surface area (Å²) in [5.41, 5.74) is 3.03. The Bertz CT molecular complexity index is 804. The second-order valence-corrected chi connectivity index (χ2v) is 6.76. The minimum absolute atomic E-state index is 0.0508. The molecule has 0 aromatic heterocycles. The third-order valence-electron chi connectivity index (χ3n) is 4.83. The van der Waals surface area contributed by atoms with Crippen LogP contribution in [0.25, 0.3) is 0 Å². The van der Waals surface area contributed by atoms with Crippen molar-refractivity contribution in [1.29, 1.82) is 0 Å². The average molecular weight is 354 g/mol. The highest BCUT2D eigenvalue weighted by Gasteiger charge is 2.31. The summed E-state index contributed by atoms with van der Waals surface area (Å²) < 4.78 is 13.0. The van der Waals surface area contributed by atoms with E-state index >= 15 is 0 Å². The molecule has 3 rings (SSSR count). The topological polar surface area (TPSA) is 40.6 Å². The molecule has 26 heavy (non-hydrogen) atoms. The van der Waals surface area contributed by atoms with E-state index in [1.54, 1.807) is 21.9 Å². The minimum atomic E-state index is -0.283. The largest absolute Gasteiger partial charge is 0.333 e. The first-order valence-corrected chi connectivity index (χ1v) is 8.85. The number of carbonyl (C=O) groups excluding carboxylic acids is 2. The Morgan fingerprint density at radius 2 is 1.85 bits per heavy atom. The Labute approximate surface area is 153 Å². The summed E-state index contributed by atoms with van der Waals surface area (Å²) in [6, 6.07) is 14.2. The molecular weight excluding hydrogens is 331 g/mol. The van der Waals surface area contributed by atoms with Crippen molar-refractivity contribution in [2.45, 2.75) is 32.7 Å². The number of benzene rings is 2.